The highest BCUT2D eigenvalue weighted by Crippen LogP contribution is 2.21. The first-order valence-corrected chi connectivity index (χ1v) is 10.3. The lowest BCUT2D eigenvalue weighted by Crippen LogP contribution is -2.40. The molecular formula is C19H20ClNO5S. The van der Waals surface area contributed by atoms with Gasteiger partial charge in [0.2, 0.25) is 10.0 Å². The molecule has 27 heavy (non-hydrogen) atoms. The largest absolute Gasteiger partial charge is 0.457 e. The second-order valence-corrected chi connectivity index (χ2v) is 8.57. The molecule has 0 amide bonds. The van der Waals surface area contributed by atoms with Crippen molar-refractivity contribution >= 4 is 27.6 Å². The van der Waals surface area contributed by atoms with E-state index in [-0.39, 0.29) is 17.1 Å². The number of sulfonamides is 1. The summed E-state index contributed by atoms with van der Waals surface area (Å²) in [5, 5.41) is 0.599. The highest BCUT2D eigenvalue weighted by molar-refractivity contribution is 7.89. The van der Waals surface area contributed by atoms with Crippen molar-refractivity contribution in [3.63, 3.8) is 0 Å². The second kappa shape index (κ2) is 8.39. The predicted octanol–water partition coefficient (Wildman–Crippen LogP) is 3.03. The number of carbonyl (C=O) groups excluding carboxylic acids is 1. The zero-order chi connectivity index (χ0) is 19.4. The van der Waals surface area contributed by atoms with Crippen molar-refractivity contribution in [3.8, 4) is 0 Å². The molecule has 0 atom stereocenters. The summed E-state index contributed by atoms with van der Waals surface area (Å²) in [7, 11) is -3.68. The smallest absolute Gasteiger partial charge is 0.338 e. The molecule has 0 aromatic heterocycles. The lowest BCUT2D eigenvalue weighted by atomic mass is 10.1. The fourth-order valence-corrected chi connectivity index (χ4v) is 4.29. The molecule has 8 heteroatoms. The van der Waals surface area contributed by atoms with Crippen LogP contribution in [0.5, 0.6) is 0 Å². The highest BCUT2D eigenvalue weighted by atomic mass is 35.5. The van der Waals surface area contributed by atoms with Crippen LogP contribution < -0.4 is 0 Å². The average Bonchev–Trinajstić information content (AvgIpc) is 2.68. The SMILES string of the molecule is Cc1ccc(S(=O)(=O)N2CCOCC2)cc1C(=O)OCc1ccc(Cl)cc1. The Kier molecular flexibility index (Phi) is 6.16. The van der Waals surface area contributed by atoms with Crippen LogP contribution in [0, 0.1) is 6.92 Å². The maximum atomic E-state index is 12.8. The first-order valence-electron chi connectivity index (χ1n) is 8.48. The van der Waals surface area contributed by atoms with Crippen LogP contribution in [0.2, 0.25) is 5.02 Å². The van der Waals surface area contributed by atoms with Gasteiger partial charge in [0.15, 0.2) is 0 Å². The van der Waals surface area contributed by atoms with Crippen molar-refractivity contribution in [1.29, 1.82) is 0 Å². The Labute approximate surface area is 163 Å². The normalized spacial score (nSPS) is 15.5. The van der Waals surface area contributed by atoms with Gasteiger partial charge in [0.05, 0.1) is 23.7 Å². The van der Waals surface area contributed by atoms with E-state index in [0.717, 1.165) is 5.56 Å². The van der Waals surface area contributed by atoms with Gasteiger partial charge < -0.3 is 9.47 Å². The lowest BCUT2D eigenvalue weighted by Gasteiger charge is -2.26. The van der Waals surface area contributed by atoms with E-state index in [1.54, 1.807) is 37.3 Å². The third kappa shape index (κ3) is 4.68. The summed E-state index contributed by atoms with van der Waals surface area (Å²) in [5.41, 5.74) is 1.68. The van der Waals surface area contributed by atoms with Crippen LogP contribution in [-0.4, -0.2) is 45.0 Å². The van der Waals surface area contributed by atoms with E-state index in [1.807, 2.05) is 0 Å². The van der Waals surface area contributed by atoms with Crippen molar-refractivity contribution in [2.75, 3.05) is 26.3 Å². The molecule has 0 radical (unpaired) electrons. The first kappa shape index (κ1) is 19.8. The number of hydrogen-bond acceptors (Lipinski definition) is 5. The number of halogens is 1. The Morgan fingerprint density at radius 2 is 1.81 bits per heavy atom. The van der Waals surface area contributed by atoms with Crippen LogP contribution >= 0.6 is 11.6 Å². The quantitative estimate of drug-likeness (QED) is 0.710. The topological polar surface area (TPSA) is 72.9 Å². The molecule has 6 nitrogen and oxygen atoms in total. The van der Waals surface area contributed by atoms with Crippen LogP contribution in [0.25, 0.3) is 0 Å². The average molecular weight is 410 g/mol. The summed E-state index contributed by atoms with van der Waals surface area (Å²) in [6.07, 6.45) is 0. The van der Waals surface area contributed by atoms with Gasteiger partial charge in [-0.1, -0.05) is 29.8 Å². The van der Waals surface area contributed by atoms with Gasteiger partial charge in [-0.05, 0) is 42.3 Å². The molecule has 2 aromatic rings. The van der Waals surface area contributed by atoms with Crippen molar-refractivity contribution < 1.29 is 22.7 Å². The van der Waals surface area contributed by atoms with E-state index in [2.05, 4.69) is 0 Å². The highest BCUT2D eigenvalue weighted by Gasteiger charge is 2.27. The second-order valence-electron chi connectivity index (χ2n) is 6.20. The number of nitrogens with zero attached hydrogens (tertiary/aromatic N) is 1. The first-order chi connectivity index (χ1) is 12.9. The van der Waals surface area contributed by atoms with Gasteiger partial charge in [0.1, 0.15) is 6.61 Å². The molecule has 0 bridgehead atoms. The van der Waals surface area contributed by atoms with Crippen molar-refractivity contribution in [1.82, 2.24) is 4.31 Å². The van der Waals surface area contributed by atoms with Gasteiger partial charge in [0, 0.05) is 18.1 Å². The Morgan fingerprint density at radius 3 is 2.48 bits per heavy atom. The molecule has 0 aliphatic carbocycles. The zero-order valence-corrected chi connectivity index (χ0v) is 16.4. The van der Waals surface area contributed by atoms with Crippen LogP contribution in [0.15, 0.2) is 47.4 Å². The Bertz CT molecular complexity index is 922. The van der Waals surface area contributed by atoms with Gasteiger partial charge in [-0.25, -0.2) is 13.2 Å². The van der Waals surface area contributed by atoms with E-state index in [4.69, 9.17) is 21.1 Å². The van der Waals surface area contributed by atoms with Crippen LogP contribution in [-0.2, 0) is 26.1 Å². The molecule has 1 saturated heterocycles. The van der Waals surface area contributed by atoms with E-state index in [9.17, 15) is 13.2 Å². The minimum Gasteiger partial charge on any atom is -0.457 e. The summed E-state index contributed by atoms with van der Waals surface area (Å²) in [4.78, 5) is 12.6. The lowest BCUT2D eigenvalue weighted by molar-refractivity contribution is 0.0471. The third-order valence-corrected chi connectivity index (χ3v) is 6.47. The van der Waals surface area contributed by atoms with Crippen molar-refractivity contribution in [3.05, 3.63) is 64.2 Å². The maximum Gasteiger partial charge on any atom is 0.338 e. The van der Waals surface area contributed by atoms with Gasteiger partial charge in [-0.15, -0.1) is 0 Å². The van der Waals surface area contributed by atoms with Crippen LogP contribution in [0.1, 0.15) is 21.5 Å². The molecule has 0 N–H and O–H groups in total. The van der Waals surface area contributed by atoms with E-state index < -0.39 is 16.0 Å². The summed E-state index contributed by atoms with van der Waals surface area (Å²) in [6, 6.07) is 11.5. The number of esters is 1. The van der Waals surface area contributed by atoms with E-state index in [0.29, 0.717) is 36.9 Å². The molecule has 0 spiro atoms. The Morgan fingerprint density at radius 1 is 1.15 bits per heavy atom. The molecule has 0 unspecified atom stereocenters. The number of carbonyl (C=O) groups is 1. The fraction of sp³-hybridized carbons (Fsp3) is 0.316. The molecular weight excluding hydrogens is 390 g/mol. The molecule has 1 aliphatic heterocycles. The molecule has 1 heterocycles. The summed E-state index contributed by atoms with van der Waals surface area (Å²) in [5.74, 6) is -0.568. The van der Waals surface area contributed by atoms with Crippen molar-refractivity contribution in [2.24, 2.45) is 0 Å². The molecule has 0 saturated carbocycles. The van der Waals surface area contributed by atoms with Gasteiger partial charge in [-0.3, -0.25) is 0 Å². The zero-order valence-electron chi connectivity index (χ0n) is 14.9. The Balaban J connectivity index is 1.78. The summed E-state index contributed by atoms with van der Waals surface area (Å²) >= 11 is 5.84. The molecule has 1 aliphatic rings. The number of hydrogen-bond donors (Lipinski definition) is 0. The number of benzene rings is 2. The number of rotatable bonds is 5. The molecule has 144 valence electrons. The van der Waals surface area contributed by atoms with Crippen LogP contribution in [0.4, 0.5) is 0 Å². The minimum atomic E-state index is -3.68. The maximum absolute atomic E-state index is 12.8. The van der Waals surface area contributed by atoms with Gasteiger partial charge >= 0.3 is 5.97 Å². The predicted molar refractivity (Wildman–Crippen MR) is 101 cm³/mol. The minimum absolute atomic E-state index is 0.0773. The monoisotopic (exact) mass is 409 g/mol. The Hall–Kier alpha value is -1.93. The van der Waals surface area contributed by atoms with Crippen molar-refractivity contribution in [2.45, 2.75) is 18.4 Å². The van der Waals surface area contributed by atoms with Gasteiger partial charge in [0.25, 0.3) is 0 Å². The van der Waals surface area contributed by atoms with E-state index >= 15 is 0 Å². The molecule has 3 rings (SSSR count). The summed E-state index contributed by atoms with van der Waals surface area (Å²) in [6.45, 7) is 3.14. The molecule has 1 fully saturated rings. The standard InChI is InChI=1S/C19H20ClNO5S/c1-14-2-7-17(27(23,24)21-8-10-25-11-9-21)12-18(14)19(22)26-13-15-3-5-16(20)6-4-15/h2-7,12H,8-11,13H2,1H3. The van der Waals surface area contributed by atoms with E-state index in [1.165, 1.54) is 16.4 Å². The number of morpholine rings is 1. The number of aryl methyl sites for hydroxylation is 1. The third-order valence-electron chi connectivity index (χ3n) is 4.32. The molecule has 2 aromatic carbocycles. The van der Waals surface area contributed by atoms with Crippen LogP contribution in [0.3, 0.4) is 0 Å². The van der Waals surface area contributed by atoms with Gasteiger partial charge in [-0.2, -0.15) is 4.31 Å². The summed E-state index contributed by atoms with van der Waals surface area (Å²) < 4.78 is 37.5. The number of ether oxygens (including phenoxy) is 2. The fourth-order valence-electron chi connectivity index (χ4n) is 2.72.